The van der Waals surface area contributed by atoms with Crippen LogP contribution in [0.4, 0.5) is 0 Å². The Morgan fingerprint density at radius 1 is 1.00 bits per heavy atom. The molecule has 5 rings (SSSR count). The second kappa shape index (κ2) is 7.16. The maximum atomic E-state index is 12.4. The Labute approximate surface area is 194 Å². The van der Waals surface area contributed by atoms with Crippen LogP contribution in [0.25, 0.3) is 0 Å². The van der Waals surface area contributed by atoms with Gasteiger partial charge in [0.05, 0.1) is 11.7 Å². The number of aliphatic hydroxyl groups is 3. The highest BCUT2D eigenvalue weighted by atomic mass is 16.6. The molecule has 10 atom stereocenters. The number of hydrogen-bond donors (Lipinski definition) is 3. The van der Waals surface area contributed by atoms with Crippen LogP contribution in [0.1, 0.15) is 86.5 Å². The fourth-order valence-electron chi connectivity index (χ4n) is 8.45. The SMILES string of the molecule is CC(C)C(C)C=CC(C)C1CCC2(O)C3=C(CCC12C)C1(C)CCC(O)CC12OC2C3O. The lowest BCUT2D eigenvalue weighted by Crippen LogP contribution is -2.60. The van der Waals surface area contributed by atoms with Gasteiger partial charge in [0.15, 0.2) is 0 Å². The normalized spacial score (nSPS) is 51.8. The van der Waals surface area contributed by atoms with Crippen molar-refractivity contribution in [1.29, 1.82) is 0 Å². The summed E-state index contributed by atoms with van der Waals surface area (Å²) in [5, 5.41) is 34.2. The fourth-order valence-corrected chi connectivity index (χ4v) is 8.45. The van der Waals surface area contributed by atoms with Crippen molar-refractivity contribution < 1.29 is 20.1 Å². The number of rotatable bonds is 4. The summed E-state index contributed by atoms with van der Waals surface area (Å²) >= 11 is 0. The average molecular weight is 445 g/mol. The maximum absolute atomic E-state index is 12.4. The molecular weight excluding hydrogens is 400 g/mol. The summed E-state index contributed by atoms with van der Waals surface area (Å²) in [7, 11) is 0. The number of hydrogen-bond acceptors (Lipinski definition) is 4. The van der Waals surface area contributed by atoms with Crippen molar-refractivity contribution in [2.24, 2.45) is 34.5 Å². The molecule has 3 N–H and O–H groups in total. The molecule has 1 saturated heterocycles. The predicted octanol–water partition coefficient (Wildman–Crippen LogP) is 4.77. The van der Waals surface area contributed by atoms with Gasteiger partial charge >= 0.3 is 0 Å². The zero-order valence-corrected chi connectivity index (χ0v) is 20.9. The van der Waals surface area contributed by atoms with Gasteiger partial charge in [0, 0.05) is 17.3 Å². The third-order valence-electron chi connectivity index (χ3n) is 11.1. The first-order valence-corrected chi connectivity index (χ1v) is 13.1. The van der Waals surface area contributed by atoms with E-state index in [1.165, 1.54) is 5.57 Å². The van der Waals surface area contributed by atoms with E-state index in [1.54, 1.807) is 0 Å². The number of allylic oxidation sites excluding steroid dienone is 2. The minimum absolute atomic E-state index is 0.182. The quantitative estimate of drug-likeness (QED) is 0.431. The topological polar surface area (TPSA) is 73.2 Å². The Balaban J connectivity index is 1.50. The number of fused-ring (bicyclic) bond motifs is 3. The molecule has 0 radical (unpaired) electrons. The summed E-state index contributed by atoms with van der Waals surface area (Å²) in [6.07, 6.45) is 9.20. The van der Waals surface area contributed by atoms with Gasteiger partial charge < -0.3 is 20.1 Å². The summed E-state index contributed by atoms with van der Waals surface area (Å²) in [5.74, 6) is 1.97. The third-order valence-corrected chi connectivity index (χ3v) is 11.1. The van der Waals surface area contributed by atoms with Gasteiger partial charge in [0.2, 0.25) is 0 Å². The molecule has 0 amide bonds. The third kappa shape index (κ3) is 2.76. The monoisotopic (exact) mass is 444 g/mol. The van der Waals surface area contributed by atoms with E-state index < -0.39 is 17.3 Å². The zero-order valence-electron chi connectivity index (χ0n) is 20.9. The minimum atomic E-state index is -0.965. The number of ether oxygens (including phenoxy) is 1. The van der Waals surface area contributed by atoms with Gasteiger partial charge in [-0.25, -0.2) is 0 Å². The molecule has 1 aliphatic heterocycles. The highest BCUT2D eigenvalue weighted by molar-refractivity contribution is 5.49. The molecule has 10 unspecified atom stereocenters. The predicted molar refractivity (Wildman–Crippen MR) is 126 cm³/mol. The Kier molecular flexibility index (Phi) is 5.17. The van der Waals surface area contributed by atoms with Crippen LogP contribution in [0.5, 0.6) is 0 Å². The summed E-state index contributed by atoms with van der Waals surface area (Å²) in [5.41, 5.74) is 0.331. The van der Waals surface area contributed by atoms with Crippen LogP contribution < -0.4 is 0 Å². The lowest BCUT2D eigenvalue weighted by atomic mass is 9.48. The van der Waals surface area contributed by atoms with Gasteiger partial charge in [-0.15, -0.1) is 0 Å². The van der Waals surface area contributed by atoms with Crippen molar-refractivity contribution in [3.05, 3.63) is 23.3 Å². The van der Waals surface area contributed by atoms with Crippen molar-refractivity contribution in [3.63, 3.8) is 0 Å². The molecule has 1 heterocycles. The summed E-state index contributed by atoms with van der Waals surface area (Å²) in [6.45, 7) is 13.7. The lowest BCUT2D eigenvalue weighted by molar-refractivity contribution is -0.0834. The standard InChI is InChI=1S/C28H44O4/c1-16(2)17(3)7-8-18(4)20-11-14-27(31)22-21(10-13-25(20,27)5)26(6)12-9-19(29)15-28(26)24(32-28)23(22)30/h7-8,16-20,23-24,29-31H,9-15H2,1-6H3. The smallest absolute Gasteiger partial charge is 0.118 e. The van der Waals surface area contributed by atoms with Crippen LogP contribution in [0.15, 0.2) is 23.3 Å². The summed E-state index contributed by atoms with van der Waals surface area (Å²) < 4.78 is 6.26. The van der Waals surface area contributed by atoms with E-state index >= 15 is 0 Å². The van der Waals surface area contributed by atoms with Crippen LogP contribution in [0.2, 0.25) is 0 Å². The number of aliphatic hydroxyl groups excluding tert-OH is 2. The largest absolute Gasteiger partial charge is 0.393 e. The van der Waals surface area contributed by atoms with Crippen LogP contribution >= 0.6 is 0 Å². The van der Waals surface area contributed by atoms with E-state index in [1.807, 2.05) is 0 Å². The molecule has 0 bridgehead atoms. The molecule has 180 valence electrons. The Hall–Kier alpha value is -0.680. The van der Waals surface area contributed by atoms with Gasteiger partial charge in [0.1, 0.15) is 17.8 Å². The van der Waals surface area contributed by atoms with Gasteiger partial charge in [-0.05, 0) is 67.8 Å². The van der Waals surface area contributed by atoms with Crippen molar-refractivity contribution in [2.75, 3.05) is 0 Å². The Morgan fingerprint density at radius 2 is 1.72 bits per heavy atom. The highest BCUT2D eigenvalue weighted by Gasteiger charge is 2.77. The van der Waals surface area contributed by atoms with E-state index in [0.29, 0.717) is 30.1 Å². The molecule has 0 aromatic rings. The molecular formula is C28H44O4. The molecule has 2 saturated carbocycles. The number of epoxide rings is 1. The van der Waals surface area contributed by atoms with E-state index in [0.717, 1.165) is 44.1 Å². The van der Waals surface area contributed by atoms with E-state index in [2.05, 4.69) is 53.7 Å². The van der Waals surface area contributed by atoms with E-state index in [4.69, 9.17) is 4.74 Å². The summed E-state index contributed by atoms with van der Waals surface area (Å²) in [6, 6.07) is 0. The van der Waals surface area contributed by atoms with Crippen molar-refractivity contribution >= 4 is 0 Å². The minimum Gasteiger partial charge on any atom is -0.393 e. The molecule has 3 fully saturated rings. The van der Waals surface area contributed by atoms with Gasteiger partial charge in [-0.3, -0.25) is 0 Å². The zero-order chi connectivity index (χ0) is 23.3. The molecule has 0 aromatic carbocycles. The van der Waals surface area contributed by atoms with Gasteiger partial charge in [-0.2, -0.15) is 0 Å². The Morgan fingerprint density at radius 3 is 2.41 bits per heavy atom. The molecule has 5 aliphatic rings. The maximum Gasteiger partial charge on any atom is 0.118 e. The van der Waals surface area contributed by atoms with E-state index in [9.17, 15) is 15.3 Å². The Bertz CT molecular complexity index is 846. The van der Waals surface area contributed by atoms with E-state index in [-0.39, 0.29) is 23.0 Å². The molecule has 4 heteroatoms. The van der Waals surface area contributed by atoms with Crippen LogP contribution in [-0.2, 0) is 4.74 Å². The first kappa shape index (κ1) is 23.1. The first-order valence-electron chi connectivity index (χ1n) is 13.1. The fraction of sp³-hybridized carbons (Fsp3) is 0.857. The van der Waals surface area contributed by atoms with Gasteiger partial charge in [-0.1, -0.05) is 59.3 Å². The molecule has 32 heavy (non-hydrogen) atoms. The highest BCUT2D eigenvalue weighted by Crippen LogP contribution is 2.73. The van der Waals surface area contributed by atoms with Crippen molar-refractivity contribution in [2.45, 2.75) is 116 Å². The van der Waals surface area contributed by atoms with Crippen LogP contribution in [0.3, 0.4) is 0 Å². The van der Waals surface area contributed by atoms with Crippen molar-refractivity contribution in [3.8, 4) is 0 Å². The van der Waals surface area contributed by atoms with Crippen LogP contribution in [0, 0.1) is 34.5 Å². The second-order valence-corrected chi connectivity index (χ2v) is 12.8. The summed E-state index contributed by atoms with van der Waals surface area (Å²) in [4.78, 5) is 0. The molecule has 4 nitrogen and oxygen atoms in total. The van der Waals surface area contributed by atoms with Crippen molar-refractivity contribution in [1.82, 2.24) is 0 Å². The molecule has 0 aromatic heterocycles. The first-order chi connectivity index (χ1) is 14.9. The molecule has 4 aliphatic carbocycles. The van der Waals surface area contributed by atoms with Crippen LogP contribution in [-0.4, -0.2) is 44.8 Å². The molecule has 1 spiro atoms. The average Bonchev–Trinajstić information content (AvgIpc) is 3.38. The second-order valence-electron chi connectivity index (χ2n) is 12.8. The van der Waals surface area contributed by atoms with Gasteiger partial charge in [0.25, 0.3) is 0 Å². The lowest BCUT2D eigenvalue weighted by Gasteiger charge is -2.57.